The molecule has 0 saturated carbocycles. The monoisotopic (exact) mass is 296 g/mol. The molecular formula is C16H9ClN2O2. The highest BCUT2D eigenvalue weighted by Crippen LogP contribution is 2.27. The fourth-order valence-corrected chi connectivity index (χ4v) is 2.47. The first kappa shape index (κ1) is 12.2. The zero-order valence-electron chi connectivity index (χ0n) is 10.8. The van der Waals surface area contributed by atoms with E-state index in [0.717, 1.165) is 16.5 Å². The van der Waals surface area contributed by atoms with E-state index >= 15 is 0 Å². The van der Waals surface area contributed by atoms with E-state index in [1.165, 1.54) is 0 Å². The number of fused-ring (bicyclic) bond motifs is 3. The van der Waals surface area contributed by atoms with Crippen molar-refractivity contribution < 1.29 is 4.42 Å². The first-order chi connectivity index (χ1) is 10.2. The molecule has 0 bridgehead atoms. The number of hydrogen-bond donors (Lipinski definition) is 1. The van der Waals surface area contributed by atoms with Gasteiger partial charge in [0.2, 0.25) is 5.89 Å². The predicted octanol–water partition coefficient (Wildman–Crippen LogP) is 3.99. The normalized spacial score (nSPS) is 11.3. The third-order valence-corrected chi connectivity index (χ3v) is 3.61. The van der Waals surface area contributed by atoms with Crippen molar-refractivity contribution in [1.82, 2.24) is 9.97 Å². The van der Waals surface area contributed by atoms with Crippen LogP contribution in [0.15, 0.2) is 57.7 Å². The van der Waals surface area contributed by atoms with Crippen LogP contribution >= 0.6 is 11.6 Å². The number of H-pyrrole nitrogens is 1. The van der Waals surface area contributed by atoms with Crippen molar-refractivity contribution in [3.8, 4) is 11.5 Å². The van der Waals surface area contributed by atoms with Crippen LogP contribution in [0.4, 0.5) is 0 Å². The second-order valence-corrected chi connectivity index (χ2v) is 5.14. The maximum Gasteiger partial charge on any atom is 0.278 e. The van der Waals surface area contributed by atoms with E-state index in [1.54, 1.807) is 12.1 Å². The molecule has 4 aromatic rings. The summed E-state index contributed by atoms with van der Waals surface area (Å²) in [7, 11) is 0. The van der Waals surface area contributed by atoms with Gasteiger partial charge in [-0.15, -0.1) is 0 Å². The zero-order valence-corrected chi connectivity index (χ0v) is 11.5. The molecule has 0 amide bonds. The van der Waals surface area contributed by atoms with Gasteiger partial charge < -0.3 is 9.40 Å². The second kappa shape index (κ2) is 4.46. The number of oxazole rings is 1. The van der Waals surface area contributed by atoms with Gasteiger partial charge in [-0.05, 0) is 36.4 Å². The molecule has 5 heteroatoms. The van der Waals surface area contributed by atoms with Gasteiger partial charge in [0, 0.05) is 16.0 Å². The van der Waals surface area contributed by atoms with Crippen molar-refractivity contribution in [3.05, 3.63) is 63.9 Å². The Morgan fingerprint density at radius 2 is 1.81 bits per heavy atom. The van der Waals surface area contributed by atoms with Crippen LogP contribution in [0.25, 0.3) is 33.5 Å². The molecule has 0 aliphatic rings. The smallest absolute Gasteiger partial charge is 0.278 e. The minimum atomic E-state index is -0.257. The van der Waals surface area contributed by atoms with Gasteiger partial charge in [0.25, 0.3) is 5.56 Å². The lowest BCUT2D eigenvalue weighted by Crippen LogP contribution is -2.05. The Morgan fingerprint density at radius 3 is 2.62 bits per heavy atom. The third-order valence-electron chi connectivity index (χ3n) is 3.35. The van der Waals surface area contributed by atoms with E-state index in [-0.39, 0.29) is 5.56 Å². The maximum absolute atomic E-state index is 12.1. The van der Waals surface area contributed by atoms with Crippen LogP contribution in [0.3, 0.4) is 0 Å². The van der Waals surface area contributed by atoms with E-state index in [9.17, 15) is 4.79 Å². The van der Waals surface area contributed by atoms with Crippen LogP contribution in [0.5, 0.6) is 0 Å². The Balaban J connectivity index is 2.05. The summed E-state index contributed by atoms with van der Waals surface area (Å²) in [5.74, 6) is 0.406. The molecule has 0 fully saturated rings. The summed E-state index contributed by atoms with van der Waals surface area (Å²) >= 11 is 5.88. The quantitative estimate of drug-likeness (QED) is 0.578. The molecule has 4 rings (SSSR count). The maximum atomic E-state index is 12.1. The van der Waals surface area contributed by atoms with Crippen LogP contribution in [0, 0.1) is 0 Å². The Bertz CT molecular complexity index is 1020. The van der Waals surface area contributed by atoms with E-state index in [0.29, 0.717) is 22.0 Å². The zero-order chi connectivity index (χ0) is 14.4. The van der Waals surface area contributed by atoms with Crippen LogP contribution < -0.4 is 5.56 Å². The van der Waals surface area contributed by atoms with E-state index in [4.69, 9.17) is 16.0 Å². The molecule has 0 saturated heterocycles. The van der Waals surface area contributed by atoms with Crippen LogP contribution in [-0.4, -0.2) is 9.97 Å². The van der Waals surface area contributed by atoms with Crippen molar-refractivity contribution in [2.45, 2.75) is 0 Å². The van der Waals surface area contributed by atoms with Gasteiger partial charge in [-0.25, -0.2) is 4.98 Å². The SMILES string of the molecule is O=c1[nH]c2ccccc2c2oc(-c3ccc(Cl)cc3)nc12. The van der Waals surface area contributed by atoms with E-state index in [2.05, 4.69) is 9.97 Å². The molecule has 2 heterocycles. The summed E-state index contributed by atoms with van der Waals surface area (Å²) in [6, 6.07) is 14.6. The number of rotatable bonds is 1. The van der Waals surface area contributed by atoms with Gasteiger partial charge in [-0.2, -0.15) is 0 Å². The molecule has 21 heavy (non-hydrogen) atoms. The lowest BCUT2D eigenvalue weighted by atomic mass is 10.2. The van der Waals surface area contributed by atoms with Crippen LogP contribution in [0.1, 0.15) is 0 Å². The number of nitrogens with one attached hydrogen (secondary N) is 1. The van der Waals surface area contributed by atoms with Gasteiger partial charge in [-0.3, -0.25) is 4.79 Å². The number of aromatic nitrogens is 2. The molecule has 0 unspecified atom stereocenters. The van der Waals surface area contributed by atoms with E-state index in [1.807, 2.05) is 36.4 Å². The average Bonchev–Trinajstić information content (AvgIpc) is 2.94. The minimum Gasteiger partial charge on any atom is -0.435 e. The molecule has 2 aromatic carbocycles. The number of benzene rings is 2. The molecule has 0 aliphatic heterocycles. The number of hydrogen-bond acceptors (Lipinski definition) is 3. The first-order valence-electron chi connectivity index (χ1n) is 6.40. The highest BCUT2D eigenvalue weighted by atomic mass is 35.5. The number of halogens is 1. The molecular weight excluding hydrogens is 288 g/mol. The van der Waals surface area contributed by atoms with E-state index < -0.39 is 0 Å². The van der Waals surface area contributed by atoms with Crippen molar-refractivity contribution >= 4 is 33.6 Å². The fraction of sp³-hybridized carbons (Fsp3) is 0. The predicted molar refractivity (Wildman–Crippen MR) is 82.6 cm³/mol. The van der Waals surface area contributed by atoms with Crippen molar-refractivity contribution in [1.29, 1.82) is 0 Å². The average molecular weight is 297 g/mol. The Hall–Kier alpha value is -2.59. The molecule has 0 radical (unpaired) electrons. The highest BCUT2D eigenvalue weighted by molar-refractivity contribution is 6.30. The van der Waals surface area contributed by atoms with Crippen LogP contribution in [0.2, 0.25) is 5.02 Å². The Morgan fingerprint density at radius 1 is 1.05 bits per heavy atom. The summed E-state index contributed by atoms with van der Waals surface area (Å²) in [6.07, 6.45) is 0. The lowest BCUT2D eigenvalue weighted by Gasteiger charge is -1.96. The van der Waals surface area contributed by atoms with Crippen molar-refractivity contribution in [3.63, 3.8) is 0 Å². The van der Waals surface area contributed by atoms with Crippen molar-refractivity contribution in [2.75, 3.05) is 0 Å². The number of nitrogens with zero attached hydrogens (tertiary/aromatic N) is 1. The van der Waals surface area contributed by atoms with Crippen LogP contribution in [-0.2, 0) is 0 Å². The highest BCUT2D eigenvalue weighted by Gasteiger charge is 2.14. The van der Waals surface area contributed by atoms with Gasteiger partial charge in [0.15, 0.2) is 11.1 Å². The Kier molecular flexibility index (Phi) is 2.59. The molecule has 4 nitrogen and oxygen atoms in total. The second-order valence-electron chi connectivity index (χ2n) is 4.70. The molecule has 102 valence electrons. The minimum absolute atomic E-state index is 0.257. The molecule has 0 spiro atoms. The van der Waals surface area contributed by atoms with Crippen molar-refractivity contribution in [2.24, 2.45) is 0 Å². The topological polar surface area (TPSA) is 58.9 Å². The summed E-state index contributed by atoms with van der Waals surface area (Å²) in [6.45, 7) is 0. The van der Waals surface area contributed by atoms with Gasteiger partial charge in [0.1, 0.15) is 0 Å². The van der Waals surface area contributed by atoms with Gasteiger partial charge in [0.05, 0.1) is 5.52 Å². The molecule has 0 atom stereocenters. The largest absolute Gasteiger partial charge is 0.435 e. The summed E-state index contributed by atoms with van der Waals surface area (Å²) in [5.41, 5.74) is 2.05. The summed E-state index contributed by atoms with van der Waals surface area (Å²) in [5, 5.41) is 1.47. The molecule has 0 aliphatic carbocycles. The summed E-state index contributed by atoms with van der Waals surface area (Å²) < 4.78 is 5.81. The first-order valence-corrected chi connectivity index (χ1v) is 6.78. The third kappa shape index (κ3) is 1.92. The molecule has 2 aromatic heterocycles. The fourth-order valence-electron chi connectivity index (χ4n) is 2.34. The van der Waals surface area contributed by atoms with Gasteiger partial charge >= 0.3 is 0 Å². The standard InChI is InChI=1S/C16H9ClN2O2/c17-10-7-5-9(6-8-10)16-19-13-14(21-16)11-3-1-2-4-12(11)18-15(13)20/h1-8H,(H,18,20). The number of para-hydroxylation sites is 1. The lowest BCUT2D eigenvalue weighted by molar-refractivity contribution is 0.623. The van der Waals surface area contributed by atoms with Gasteiger partial charge in [-0.1, -0.05) is 23.7 Å². The molecule has 1 N–H and O–H groups in total. The summed E-state index contributed by atoms with van der Waals surface area (Å²) in [4.78, 5) is 19.2. The number of aromatic amines is 1. The number of pyridine rings is 1. The Labute approximate surface area is 124 Å².